The SMILES string of the molecule is Cc1cc(C2(NC(=O)c3ccc4nc(C(F)(F)F)cc(N5CCC(F)(F)CC5)c4c3)CC2)c(F)cc1N[S+](C)(=O)O. The van der Waals surface area contributed by atoms with Gasteiger partial charge in [-0.05, 0) is 59.9 Å². The van der Waals surface area contributed by atoms with Crippen molar-refractivity contribution in [3.8, 4) is 0 Å². The van der Waals surface area contributed by atoms with Gasteiger partial charge in [0.2, 0.25) is 0 Å². The number of fused-ring (bicyclic) bond motifs is 1. The third-order valence-electron chi connectivity index (χ3n) is 7.41. The molecule has 1 saturated carbocycles. The molecule has 2 aromatic carbocycles. The Hall–Kier alpha value is -3.39. The highest BCUT2D eigenvalue weighted by Gasteiger charge is 2.48. The molecular weight excluding hydrogens is 574 g/mol. The van der Waals surface area contributed by atoms with Gasteiger partial charge in [-0.2, -0.15) is 22.4 Å². The van der Waals surface area contributed by atoms with Crippen LogP contribution in [0.15, 0.2) is 36.4 Å². The average molecular weight is 602 g/mol. The fourth-order valence-corrected chi connectivity index (χ4v) is 5.70. The number of rotatable bonds is 6. The van der Waals surface area contributed by atoms with Crippen LogP contribution in [0.1, 0.15) is 52.9 Å². The lowest BCUT2D eigenvalue weighted by atomic mass is 9.99. The van der Waals surface area contributed by atoms with Gasteiger partial charge in [0.15, 0.2) is 6.26 Å². The summed E-state index contributed by atoms with van der Waals surface area (Å²) in [5, 5.41) is 3.03. The molecule has 1 unspecified atom stereocenters. The first-order valence-electron chi connectivity index (χ1n) is 12.7. The van der Waals surface area contributed by atoms with Crippen molar-refractivity contribution in [3.05, 3.63) is 64.6 Å². The summed E-state index contributed by atoms with van der Waals surface area (Å²) in [5.74, 6) is -4.20. The summed E-state index contributed by atoms with van der Waals surface area (Å²) in [6.07, 6.45) is -3.92. The summed E-state index contributed by atoms with van der Waals surface area (Å²) < 4.78 is 107. The molecule has 3 aromatic rings. The first-order chi connectivity index (χ1) is 19.0. The zero-order valence-electron chi connectivity index (χ0n) is 22.0. The van der Waals surface area contributed by atoms with Crippen molar-refractivity contribution in [2.45, 2.75) is 50.2 Å². The minimum Gasteiger partial charge on any atom is -0.370 e. The van der Waals surface area contributed by atoms with Crippen LogP contribution in [0.2, 0.25) is 0 Å². The lowest BCUT2D eigenvalue weighted by Crippen LogP contribution is -2.39. The number of benzene rings is 2. The largest absolute Gasteiger partial charge is 0.433 e. The van der Waals surface area contributed by atoms with E-state index >= 15 is 4.39 Å². The lowest BCUT2D eigenvalue weighted by Gasteiger charge is -2.34. The Morgan fingerprint density at radius 3 is 2.32 bits per heavy atom. The van der Waals surface area contributed by atoms with E-state index in [1.807, 2.05) is 0 Å². The third-order valence-corrected chi connectivity index (χ3v) is 8.01. The van der Waals surface area contributed by atoms with Crippen LogP contribution < -0.4 is 14.9 Å². The number of pyridine rings is 1. The van der Waals surface area contributed by atoms with Gasteiger partial charge in [-0.25, -0.2) is 18.2 Å². The minimum atomic E-state index is -4.77. The number of hydrogen-bond donors (Lipinski definition) is 3. The number of aryl methyl sites for hydroxylation is 1. The number of aromatic nitrogens is 1. The fraction of sp³-hybridized carbons (Fsp3) is 0.407. The van der Waals surface area contributed by atoms with Gasteiger partial charge >= 0.3 is 16.6 Å². The third kappa shape index (κ3) is 6.13. The van der Waals surface area contributed by atoms with Crippen LogP contribution >= 0.6 is 0 Å². The van der Waals surface area contributed by atoms with Crippen LogP contribution in [0, 0.1) is 12.7 Å². The van der Waals surface area contributed by atoms with Gasteiger partial charge in [0, 0.05) is 54.2 Å². The second-order valence-corrected chi connectivity index (χ2v) is 12.5. The molecule has 3 N–H and O–H groups in total. The minimum absolute atomic E-state index is 0.0500. The summed E-state index contributed by atoms with van der Waals surface area (Å²) in [7, 11) is -3.40. The molecule has 0 radical (unpaired) electrons. The van der Waals surface area contributed by atoms with E-state index in [4.69, 9.17) is 0 Å². The number of piperidine rings is 1. The average Bonchev–Trinajstić information content (AvgIpc) is 3.64. The molecule has 5 rings (SSSR count). The molecule has 2 heterocycles. The van der Waals surface area contributed by atoms with Gasteiger partial charge < -0.3 is 10.2 Å². The smallest absolute Gasteiger partial charge is 0.370 e. The standard InChI is InChI=1S/C27H26F6N4O3S/c1-15-11-18(19(28)13-21(15)36-41(2,39)40)25(5-6-25)35-24(38)16-3-4-20-17(12-16)22(14-23(34-20)27(31,32)33)37-9-7-26(29,30)8-10-37/h3-4,11-14H,5-10H2,1-2H3,(H2-,35,36,38,39,40)/p+1. The second kappa shape index (κ2) is 9.86. The van der Waals surface area contributed by atoms with Crippen LogP contribution in [0.4, 0.5) is 37.7 Å². The van der Waals surface area contributed by atoms with Crippen LogP contribution in [0.5, 0.6) is 0 Å². The predicted octanol–water partition coefficient (Wildman–Crippen LogP) is 6.28. The Morgan fingerprint density at radius 1 is 1.07 bits per heavy atom. The van der Waals surface area contributed by atoms with Crippen molar-refractivity contribution in [2.24, 2.45) is 0 Å². The number of halogens is 6. The molecule has 1 saturated heterocycles. The molecule has 1 atom stereocenters. The molecule has 1 amide bonds. The van der Waals surface area contributed by atoms with Crippen molar-refractivity contribution in [1.29, 1.82) is 0 Å². The Kier molecular flexibility index (Phi) is 7.00. The van der Waals surface area contributed by atoms with Gasteiger partial charge in [-0.1, -0.05) is 0 Å². The van der Waals surface area contributed by atoms with Crippen molar-refractivity contribution in [2.75, 3.05) is 29.0 Å². The fourth-order valence-electron chi connectivity index (χ4n) is 5.07. The maximum atomic E-state index is 15.1. The highest BCUT2D eigenvalue weighted by atomic mass is 32.3. The predicted molar refractivity (Wildman–Crippen MR) is 143 cm³/mol. The summed E-state index contributed by atoms with van der Waals surface area (Å²) in [5.41, 5.74) is -1.31. The molecule has 1 aliphatic carbocycles. The number of carbonyl (C=O) groups is 1. The van der Waals surface area contributed by atoms with Gasteiger partial charge in [0.1, 0.15) is 11.5 Å². The van der Waals surface area contributed by atoms with Gasteiger partial charge in [0.25, 0.3) is 11.8 Å². The number of hydrogen-bond acceptors (Lipinski definition) is 4. The summed E-state index contributed by atoms with van der Waals surface area (Å²) in [6.45, 7) is 1.28. The van der Waals surface area contributed by atoms with Crippen molar-refractivity contribution in [1.82, 2.24) is 10.3 Å². The molecule has 220 valence electrons. The molecule has 1 aliphatic heterocycles. The monoisotopic (exact) mass is 601 g/mol. The van der Waals surface area contributed by atoms with Crippen LogP contribution in [0.25, 0.3) is 10.9 Å². The number of anilines is 2. The Morgan fingerprint density at radius 2 is 1.73 bits per heavy atom. The first-order valence-corrected chi connectivity index (χ1v) is 14.7. The summed E-state index contributed by atoms with van der Waals surface area (Å²) in [4.78, 5) is 18.5. The quantitative estimate of drug-likeness (QED) is 0.228. The first kappa shape index (κ1) is 29.1. The molecule has 1 aromatic heterocycles. The van der Waals surface area contributed by atoms with E-state index in [2.05, 4.69) is 15.0 Å². The van der Waals surface area contributed by atoms with Gasteiger partial charge in [0.05, 0.1) is 16.7 Å². The zero-order chi connectivity index (χ0) is 30.0. The zero-order valence-corrected chi connectivity index (χ0v) is 22.9. The van der Waals surface area contributed by atoms with Crippen molar-refractivity contribution in [3.63, 3.8) is 0 Å². The molecule has 14 heteroatoms. The highest BCUT2D eigenvalue weighted by molar-refractivity contribution is 7.98. The molecule has 41 heavy (non-hydrogen) atoms. The van der Waals surface area contributed by atoms with E-state index < -0.39 is 58.3 Å². The lowest BCUT2D eigenvalue weighted by molar-refractivity contribution is -0.140. The van der Waals surface area contributed by atoms with Gasteiger partial charge in [-0.15, -0.1) is 0 Å². The number of amides is 1. The highest BCUT2D eigenvalue weighted by Crippen LogP contribution is 2.48. The normalized spacial score (nSPS) is 19.5. The van der Waals surface area contributed by atoms with E-state index in [9.17, 15) is 35.5 Å². The molecule has 2 fully saturated rings. The Balaban J connectivity index is 1.47. The van der Waals surface area contributed by atoms with Crippen molar-refractivity contribution < 1.29 is 39.9 Å². The molecule has 0 bridgehead atoms. The van der Waals surface area contributed by atoms with Crippen LogP contribution in [-0.4, -0.2) is 40.7 Å². The number of nitrogens with one attached hydrogen (secondary N) is 2. The molecular formula is C27H27F6N4O3S+. The molecule has 2 aliphatic rings. The topological polar surface area (TPSA) is 94.6 Å². The van der Waals surface area contributed by atoms with Crippen LogP contribution in [-0.2, 0) is 26.3 Å². The van der Waals surface area contributed by atoms with E-state index in [-0.39, 0.29) is 46.5 Å². The molecule has 7 nitrogen and oxygen atoms in total. The Bertz CT molecular complexity index is 1580. The number of nitrogens with zero attached hydrogens (tertiary/aromatic N) is 2. The van der Waals surface area contributed by atoms with Crippen molar-refractivity contribution >= 4 is 38.6 Å². The maximum Gasteiger partial charge on any atom is 0.433 e. The van der Waals surface area contributed by atoms with E-state index in [0.29, 0.717) is 18.4 Å². The number of carbonyl (C=O) groups excluding carboxylic acids is 1. The maximum absolute atomic E-state index is 15.1. The molecule has 0 spiro atoms. The van der Waals surface area contributed by atoms with Crippen LogP contribution in [0.3, 0.4) is 0 Å². The second-order valence-electron chi connectivity index (χ2n) is 10.7. The summed E-state index contributed by atoms with van der Waals surface area (Å²) in [6, 6.07) is 7.33. The Labute approximate surface area is 232 Å². The van der Waals surface area contributed by atoms with E-state index in [1.165, 1.54) is 29.2 Å². The van der Waals surface area contributed by atoms with Gasteiger partial charge in [-0.3, -0.25) is 4.79 Å². The summed E-state index contributed by atoms with van der Waals surface area (Å²) >= 11 is 0. The van der Waals surface area contributed by atoms with E-state index in [1.54, 1.807) is 6.92 Å². The number of alkyl halides is 5. The van der Waals surface area contributed by atoms with E-state index in [0.717, 1.165) is 18.4 Å².